The Morgan fingerprint density at radius 2 is 1.92 bits per heavy atom. The first-order valence-corrected chi connectivity index (χ1v) is 8.43. The topological polar surface area (TPSA) is 57.2 Å². The van der Waals surface area contributed by atoms with Gasteiger partial charge in [0.2, 0.25) is 0 Å². The molecule has 1 saturated heterocycles. The quantitative estimate of drug-likeness (QED) is 0.499. The molecule has 6 nitrogen and oxygen atoms in total. The van der Waals surface area contributed by atoms with E-state index in [1.165, 1.54) is 12.7 Å². The molecule has 6 heteroatoms. The van der Waals surface area contributed by atoms with Gasteiger partial charge in [-0.05, 0) is 5.56 Å². The van der Waals surface area contributed by atoms with E-state index in [0.717, 1.165) is 38.7 Å². The van der Waals surface area contributed by atoms with Gasteiger partial charge in [-0.15, -0.1) is 0 Å². The fourth-order valence-electron chi connectivity index (χ4n) is 2.82. The SMILES string of the molecule is CN=C(NCC(C)C(=O)OC)N1CCN(Cc2ccccc2)CC1. The molecule has 1 heterocycles. The number of rotatable bonds is 5. The van der Waals surface area contributed by atoms with Crippen LogP contribution < -0.4 is 5.32 Å². The molecule has 2 rings (SSSR count). The highest BCUT2D eigenvalue weighted by Crippen LogP contribution is 2.08. The minimum atomic E-state index is -0.203. The molecule has 0 aromatic heterocycles. The molecular formula is C18H28N4O2. The second-order valence-electron chi connectivity index (χ2n) is 6.10. The zero-order valence-corrected chi connectivity index (χ0v) is 14.9. The predicted molar refractivity (Wildman–Crippen MR) is 95.8 cm³/mol. The van der Waals surface area contributed by atoms with Crippen molar-refractivity contribution in [2.75, 3.05) is 46.9 Å². The molecule has 1 atom stereocenters. The normalized spacial score (nSPS) is 17.5. The fourth-order valence-corrected chi connectivity index (χ4v) is 2.82. The van der Waals surface area contributed by atoms with Crippen LogP contribution >= 0.6 is 0 Å². The van der Waals surface area contributed by atoms with Gasteiger partial charge in [0.25, 0.3) is 0 Å². The van der Waals surface area contributed by atoms with Gasteiger partial charge in [-0.2, -0.15) is 0 Å². The Bertz CT molecular complexity index is 539. The van der Waals surface area contributed by atoms with E-state index in [2.05, 4.69) is 44.4 Å². The molecule has 0 spiro atoms. The number of carbonyl (C=O) groups excluding carboxylic acids is 1. The van der Waals surface area contributed by atoms with Crippen molar-refractivity contribution in [2.45, 2.75) is 13.5 Å². The summed E-state index contributed by atoms with van der Waals surface area (Å²) in [6, 6.07) is 10.5. The molecule has 1 aliphatic rings. The summed E-state index contributed by atoms with van der Waals surface area (Å²) >= 11 is 0. The Kier molecular flexibility index (Phi) is 7.06. The third-order valence-corrected chi connectivity index (χ3v) is 4.30. The lowest BCUT2D eigenvalue weighted by molar-refractivity contribution is -0.144. The maximum atomic E-state index is 11.5. The molecule has 1 N–H and O–H groups in total. The highest BCUT2D eigenvalue weighted by Gasteiger charge is 2.21. The van der Waals surface area contributed by atoms with Crippen molar-refractivity contribution in [3.05, 3.63) is 35.9 Å². The predicted octanol–water partition coefficient (Wildman–Crippen LogP) is 1.19. The van der Waals surface area contributed by atoms with E-state index in [4.69, 9.17) is 4.74 Å². The van der Waals surface area contributed by atoms with Gasteiger partial charge in [0.05, 0.1) is 13.0 Å². The highest BCUT2D eigenvalue weighted by molar-refractivity contribution is 5.81. The number of carbonyl (C=O) groups is 1. The molecule has 0 radical (unpaired) electrons. The van der Waals surface area contributed by atoms with Gasteiger partial charge < -0.3 is 15.0 Å². The standard InChI is InChI=1S/C18H28N4O2/c1-15(17(23)24-3)13-20-18(19-2)22-11-9-21(10-12-22)14-16-7-5-4-6-8-16/h4-8,15H,9-14H2,1-3H3,(H,19,20). The first-order chi connectivity index (χ1) is 11.6. The van der Waals surface area contributed by atoms with Gasteiger partial charge in [-0.3, -0.25) is 14.7 Å². The van der Waals surface area contributed by atoms with Crippen LogP contribution in [-0.4, -0.2) is 68.6 Å². The second-order valence-corrected chi connectivity index (χ2v) is 6.10. The molecule has 132 valence electrons. The van der Waals surface area contributed by atoms with E-state index in [-0.39, 0.29) is 11.9 Å². The minimum Gasteiger partial charge on any atom is -0.469 e. The lowest BCUT2D eigenvalue weighted by atomic mass is 10.2. The number of benzene rings is 1. The van der Waals surface area contributed by atoms with Crippen LogP contribution in [0.5, 0.6) is 0 Å². The number of ether oxygens (including phenoxy) is 1. The molecule has 1 aromatic carbocycles. The van der Waals surface area contributed by atoms with E-state index in [1.807, 2.05) is 13.0 Å². The fraction of sp³-hybridized carbons (Fsp3) is 0.556. The van der Waals surface area contributed by atoms with Crippen molar-refractivity contribution < 1.29 is 9.53 Å². The number of guanidine groups is 1. The van der Waals surface area contributed by atoms with Crippen LogP contribution in [0.15, 0.2) is 35.3 Å². The zero-order valence-electron chi connectivity index (χ0n) is 14.9. The summed E-state index contributed by atoms with van der Waals surface area (Å²) in [4.78, 5) is 20.5. The number of aliphatic imine (C=N–C) groups is 1. The van der Waals surface area contributed by atoms with Crippen molar-refractivity contribution in [3.8, 4) is 0 Å². The number of hydrogen-bond acceptors (Lipinski definition) is 4. The summed E-state index contributed by atoms with van der Waals surface area (Å²) in [5, 5.41) is 3.28. The second kappa shape index (κ2) is 9.27. The van der Waals surface area contributed by atoms with Crippen molar-refractivity contribution in [2.24, 2.45) is 10.9 Å². The van der Waals surface area contributed by atoms with Crippen LogP contribution in [0.3, 0.4) is 0 Å². The first kappa shape index (κ1) is 18.3. The van der Waals surface area contributed by atoms with Gasteiger partial charge in [0, 0.05) is 46.3 Å². The van der Waals surface area contributed by atoms with Gasteiger partial charge in [-0.25, -0.2) is 0 Å². The van der Waals surface area contributed by atoms with Gasteiger partial charge >= 0.3 is 5.97 Å². The van der Waals surface area contributed by atoms with E-state index in [0.29, 0.717) is 6.54 Å². The molecule has 1 aromatic rings. The summed E-state index contributed by atoms with van der Waals surface area (Å²) in [6.07, 6.45) is 0. The summed E-state index contributed by atoms with van der Waals surface area (Å²) in [6.45, 7) is 7.23. The van der Waals surface area contributed by atoms with E-state index in [1.54, 1.807) is 7.05 Å². The number of hydrogen-bond donors (Lipinski definition) is 1. The van der Waals surface area contributed by atoms with E-state index >= 15 is 0 Å². The lowest BCUT2D eigenvalue weighted by Crippen LogP contribution is -2.52. The average molecular weight is 332 g/mol. The number of nitrogens with one attached hydrogen (secondary N) is 1. The summed E-state index contributed by atoms with van der Waals surface area (Å²) in [5.41, 5.74) is 1.35. The molecule has 1 unspecified atom stereocenters. The largest absolute Gasteiger partial charge is 0.469 e. The van der Waals surface area contributed by atoms with Crippen LogP contribution in [0.25, 0.3) is 0 Å². The molecular weight excluding hydrogens is 304 g/mol. The molecule has 0 amide bonds. The van der Waals surface area contributed by atoms with Crippen molar-refractivity contribution in [1.82, 2.24) is 15.1 Å². The van der Waals surface area contributed by atoms with Crippen LogP contribution in [0.4, 0.5) is 0 Å². The maximum Gasteiger partial charge on any atom is 0.310 e. The highest BCUT2D eigenvalue weighted by atomic mass is 16.5. The van der Waals surface area contributed by atoms with Crippen LogP contribution in [0.1, 0.15) is 12.5 Å². The van der Waals surface area contributed by atoms with E-state index < -0.39 is 0 Å². The summed E-state index contributed by atoms with van der Waals surface area (Å²) in [7, 11) is 3.20. The van der Waals surface area contributed by atoms with Crippen molar-refractivity contribution in [1.29, 1.82) is 0 Å². The molecule has 0 aliphatic carbocycles. The number of nitrogens with zero attached hydrogens (tertiary/aromatic N) is 3. The van der Waals surface area contributed by atoms with E-state index in [9.17, 15) is 4.79 Å². The maximum absolute atomic E-state index is 11.5. The first-order valence-electron chi connectivity index (χ1n) is 8.43. The Hall–Kier alpha value is -2.08. The summed E-state index contributed by atoms with van der Waals surface area (Å²) in [5.74, 6) is 0.460. The number of piperazine rings is 1. The Morgan fingerprint density at radius 1 is 1.25 bits per heavy atom. The Labute approximate surface area is 144 Å². The summed E-state index contributed by atoms with van der Waals surface area (Å²) < 4.78 is 4.75. The van der Waals surface area contributed by atoms with Gasteiger partial charge in [-0.1, -0.05) is 37.3 Å². The van der Waals surface area contributed by atoms with Crippen LogP contribution in [-0.2, 0) is 16.1 Å². The minimum absolute atomic E-state index is 0.189. The van der Waals surface area contributed by atoms with Gasteiger partial charge in [0.15, 0.2) is 5.96 Å². The number of methoxy groups -OCH3 is 1. The Morgan fingerprint density at radius 3 is 2.50 bits per heavy atom. The van der Waals surface area contributed by atoms with Crippen LogP contribution in [0, 0.1) is 5.92 Å². The zero-order chi connectivity index (χ0) is 17.4. The third kappa shape index (κ3) is 5.23. The lowest BCUT2D eigenvalue weighted by Gasteiger charge is -2.36. The smallest absolute Gasteiger partial charge is 0.310 e. The molecule has 24 heavy (non-hydrogen) atoms. The molecule has 0 saturated carbocycles. The van der Waals surface area contributed by atoms with Crippen LogP contribution in [0.2, 0.25) is 0 Å². The Balaban J connectivity index is 1.78. The third-order valence-electron chi connectivity index (χ3n) is 4.30. The molecule has 1 aliphatic heterocycles. The van der Waals surface area contributed by atoms with Crippen molar-refractivity contribution >= 4 is 11.9 Å². The van der Waals surface area contributed by atoms with Gasteiger partial charge in [0.1, 0.15) is 0 Å². The molecule has 0 bridgehead atoms. The monoisotopic (exact) mass is 332 g/mol. The number of esters is 1. The average Bonchev–Trinajstić information content (AvgIpc) is 2.63. The van der Waals surface area contributed by atoms with Crippen molar-refractivity contribution in [3.63, 3.8) is 0 Å². The molecule has 1 fully saturated rings.